The normalized spacial score (nSPS) is 16.2. The Labute approximate surface area is 134 Å². The summed E-state index contributed by atoms with van der Waals surface area (Å²) in [6, 6.07) is 5.13. The van der Waals surface area contributed by atoms with E-state index >= 15 is 0 Å². The van der Waals surface area contributed by atoms with Crippen molar-refractivity contribution in [3.63, 3.8) is 0 Å². The van der Waals surface area contributed by atoms with Crippen LogP contribution in [0.5, 0.6) is 5.75 Å². The predicted molar refractivity (Wildman–Crippen MR) is 83.2 cm³/mol. The van der Waals surface area contributed by atoms with Crippen LogP contribution in [0, 0.1) is 0 Å². The van der Waals surface area contributed by atoms with Crippen molar-refractivity contribution in [1.29, 1.82) is 0 Å². The van der Waals surface area contributed by atoms with Crippen LogP contribution in [0.1, 0.15) is 6.92 Å². The Bertz CT molecular complexity index is 465. The first-order valence-electron chi connectivity index (χ1n) is 6.20. The van der Waals surface area contributed by atoms with Crippen LogP contribution in [-0.2, 0) is 4.79 Å². The standard InChI is InChI=1S/C13H16Cl2N2O2.ClH/c1-9(13(18)17-7-5-16-6-8-17)19-11-4-2-3-10(14)12(11)15;/h2-4,9,16H,5-8H2,1H3;1H. The highest BCUT2D eigenvalue weighted by Crippen LogP contribution is 2.32. The summed E-state index contributed by atoms with van der Waals surface area (Å²) in [5.41, 5.74) is 0. The van der Waals surface area contributed by atoms with Gasteiger partial charge in [0.2, 0.25) is 0 Å². The molecule has 7 heteroatoms. The fourth-order valence-corrected chi connectivity index (χ4v) is 2.29. The van der Waals surface area contributed by atoms with Gasteiger partial charge < -0.3 is 15.0 Å². The zero-order valence-electron chi connectivity index (χ0n) is 11.1. The first-order chi connectivity index (χ1) is 9.09. The van der Waals surface area contributed by atoms with Gasteiger partial charge in [-0.3, -0.25) is 4.79 Å². The lowest BCUT2D eigenvalue weighted by Gasteiger charge is -2.29. The lowest BCUT2D eigenvalue weighted by atomic mass is 10.2. The molecule has 1 heterocycles. The van der Waals surface area contributed by atoms with Crippen molar-refractivity contribution in [2.75, 3.05) is 26.2 Å². The van der Waals surface area contributed by atoms with Gasteiger partial charge in [-0.1, -0.05) is 29.3 Å². The number of nitrogens with zero attached hydrogens (tertiary/aromatic N) is 1. The molecule has 1 atom stereocenters. The third kappa shape index (κ3) is 4.16. The van der Waals surface area contributed by atoms with Crippen molar-refractivity contribution in [2.24, 2.45) is 0 Å². The van der Waals surface area contributed by atoms with Gasteiger partial charge in [-0.25, -0.2) is 0 Å². The van der Waals surface area contributed by atoms with Crippen LogP contribution in [0.2, 0.25) is 10.0 Å². The summed E-state index contributed by atoms with van der Waals surface area (Å²) in [6.07, 6.45) is -0.575. The minimum atomic E-state index is -0.575. The van der Waals surface area contributed by atoms with Gasteiger partial charge in [0.1, 0.15) is 10.8 Å². The fraction of sp³-hybridized carbons (Fsp3) is 0.462. The zero-order chi connectivity index (χ0) is 13.8. The number of carbonyl (C=O) groups is 1. The largest absolute Gasteiger partial charge is 0.479 e. The van der Waals surface area contributed by atoms with Crippen LogP contribution in [0.15, 0.2) is 18.2 Å². The number of ether oxygens (including phenoxy) is 1. The number of halogens is 3. The second-order valence-electron chi connectivity index (χ2n) is 4.39. The Morgan fingerprint density at radius 1 is 1.35 bits per heavy atom. The summed E-state index contributed by atoms with van der Waals surface area (Å²) in [4.78, 5) is 14.0. The lowest BCUT2D eigenvalue weighted by Crippen LogP contribution is -2.50. The smallest absolute Gasteiger partial charge is 0.263 e. The molecule has 0 radical (unpaired) electrons. The quantitative estimate of drug-likeness (QED) is 0.920. The first kappa shape index (κ1) is 17.4. The Morgan fingerprint density at radius 2 is 2.00 bits per heavy atom. The number of hydrogen-bond acceptors (Lipinski definition) is 3. The lowest BCUT2D eigenvalue weighted by molar-refractivity contribution is -0.138. The summed E-state index contributed by atoms with van der Waals surface area (Å²) < 4.78 is 5.61. The summed E-state index contributed by atoms with van der Waals surface area (Å²) in [5.74, 6) is 0.405. The van der Waals surface area contributed by atoms with Gasteiger partial charge in [-0.15, -0.1) is 12.4 Å². The highest BCUT2D eigenvalue weighted by Gasteiger charge is 2.24. The van der Waals surface area contributed by atoms with Gasteiger partial charge >= 0.3 is 0 Å². The van der Waals surface area contributed by atoms with Crippen molar-refractivity contribution in [2.45, 2.75) is 13.0 Å². The number of amides is 1. The van der Waals surface area contributed by atoms with Crippen molar-refractivity contribution in [3.8, 4) is 5.75 Å². The molecular weight excluding hydrogens is 323 g/mol. The van der Waals surface area contributed by atoms with E-state index in [1.807, 2.05) is 0 Å². The summed E-state index contributed by atoms with van der Waals surface area (Å²) in [5, 5.41) is 3.96. The molecule has 0 saturated carbocycles. The third-order valence-corrected chi connectivity index (χ3v) is 3.80. The summed E-state index contributed by atoms with van der Waals surface area (Å²) in [6.45, 7) is 4.76. The monoisotopic (exact) mass is 338 g/mol. The topological polar surface area (TPSA) is 41.6 Å². The second-order valence-corrected chi connectivity index (χ2v) is 5.17. The van der Waals surface area contributed by atoms with E-state index in [-0.39, 0.29) is 18.3 Å². The van der Waals surface area contributed by atoms with E-state index in [0.29, 0.717) is 28.9 Å². The van der Waals surface area contributed by atoms with E-state index in [0.717, 1.165) is 13.1 Å². The molecule has 4 nitrogen and oxygen atoms in total. The Kier molecular flexibility index (Phi) is 6.89. The number of nitrogens with one attached hydrogen (secondary N) is 1. The molecule has 1 N–H and O–H groups in total. The second kappa shape index (κ2) is 7.93. The van der Waals surface area contributed by atoms with E-state index in [1.54, 1.807) is 30.0 Å². The highest BCUT2D eigenvalue weighted by atomic mass is 35.5. The van der Waals surface area contributed by atoms with Crippen LogP contribution in [-0.4, -0.2) is 43.1 Å². The molecule has 1 aliphatic heterocycles. The van der Waals surface area contributed by atoms with Gasteiger partial charge in [0.05, 0.1) is 5.02 Å². The van der Waals surface area contributed by atoms with E-state index in [1.165, 1.54) is 0 Å². The maximum absolute atomic E-state index is 12.2. The molecule has 1 amide bonds. The Balaban J connectivity index is 0.00000200. The van der Waals surface area contributed by atoms with Gasteiger partial charge in [0, 0.05) is 26.2 Å². The molecule has 1 aromatic carbocycles. The van der Waals surface area contributed by atoms with Gasteiger partial charge in [0.15, 0.2) is 6.10 Å². The van der Waals surface area contributed by atoms with Gasteiger partial charge in [0.25, 0.3) is 5.91 Å². The van der Waals surface area contributed by atoms with E-state index in [9.17, 15) is 4.79 Å². The Hall–Kier alpha value is -0.680. The van der Waals surface area contributed by atoms with Crippen molar-refractivity contribution < 1.29 is 9.53 Å². The van der Waals surface area contributed by atoms with Crippen molar-refractivity contribution in [3.05, 3.63) is 28.2 Å². The maximum Gasteiger partial charge on any atom is 0.263 e. The SMILES string of the molecule is CC(Oc1cccc(Cl)c1Cl)C(=O)N1CCNCC1.Cl. The van der Waals surface area contributed by atoms with Crippen LogP contribution in [0.3, 0.4) is 0 Å². The number of piperazine rings is 1. The molecule has 0 aromatic heterocycles. The average Bonchev–Trinajstić information content (AvgIpc) is 2.44. The van der Waals surface area contributed by atoms with Crippen LogP contribution in [0.4, 0.5) is 0 Å². The van der Waals surface area contributed by atoms with Gasteiger partial charge in [-0.05, 0) is 19.1 Å². The van der Waals surface area contributed by atoms with Crippen molar-refractivity contribution >= 4 is 41.5 Å². The highest BCUT2D eigenvalue weighted by molar-refractivity contribution is 6.42. The van der Waals surface area contributed by atoms with E-state index in [2.05, 4.69) is 5.32 Å². The first-order valence-corrected chi connectivity index (χ1v) is 6.95. The van der Waals surface area contributed by atoms with E-state index < -0.39 is 6.10 Å². The number of carbonyl (C=O) groups excluding carboxylic acids is 1. The van der Waals surface area contributed by atoms with Crippen LogP contribution >= 0.6 is 35.6 Å². The molecule has 1 fully saturated rings. The molecule has 0 spiro atoms. The van der Waals surface area contributed by atoms with E-state index in [4.69, 9.17) is 27.9 Å². The number of benzene rings is 1. The zero-order valence-corrected chi connectivity index (χ0v) is 13.4. The molecule has 20 heavy (non-hydrogen) atoms. The molecule has 0 bridgehead atoms. The minimum Gasteiger partial charge on any atom is -0.479 e. The van der Waals surface area contributed by atoms with Gasteiger partial charge in [-0.2, -0.15) is 0 Å². The number of hydrogen-bond donors (Lipinski definition) is 1. The molecular formula is C13H17Cl3N2O2. The Morgan fingerprint density at radius 3 is 2.65 bits per heavy atom. The summed E-state index contributed by atoms with van der Waals surface area (Å²) >= 11 is 11.9. The van der Waals surface area contributed by atoms with Crippen LogP contribution in [0.25, 0.3) is 0 Å². The maximum atomic E-state index is 12.2. The molecule has 1 aromatic rings. The average molecular weight is 340 g/mol. The van der Waals surface area contributed by atoms with Crippen molar-refractivity contribution in [1.82, 2.24) is 10.2 Å². The fourth-order valence-electron chi connectivity index (χ4n) is 1.96. The molecule has 2 rings (SSSR count). The summed E-state index contributed by atoms with van der Waals surface area (Å²) in [7, 11) is 0. The minimum absolute atomic E-state index is 0. The van der Waals surface area contributed by atoms with Crippen LogP contribution < -0.4 is 10.1 Å². The molecule has 0 aliphatic carbocycles. The molecule has 1 saturated heterocycles. The molecule has 1 unspecified atom stereocenters. The number of rotatable bonds is 3. The predicted octanol–water partition coefficient (Wildman–Crippen LogP) is 2.61. The molecule has 112 valence electrons. The molecule has 1 aliphatic rings. The third-order valence-electron chi connectivity index (χ3n) is 3.00.